The van der Waals surface area contributed by atoms with Crippen molar-refractivity contribution < 1.29 is 14.3 Å². The number of benzene rings is 2. The van der Waals surface area contributed by atoms with E-state index in [4.69, 9.17) is 4.74 Å². The molecule has 0 aliphatic carbocycles. The number of imide groups is 1. The van der Waals surface area contributed by atoms with Crippen LogP contribution in [0.3, 0.4) is 0 Å². The average Bonchev–Trinajstić information content (AvgIpc) is 2.59. The first-order chi connectivity index (χ1) is 12.5. The molecule has 1 aliphatic heterocycles. The number of aryl methyl sites for hydroxylation is 2. The molecular formula is C20H23N3O3. The molecule has 2 aromatic carbocycles. The lowest BCUT2D eigenvalue weighted by molar-refractivity contribution is -0.123. The first-order valence-electron chi connectivity index (χ1n) is 8.57. The van der Waals surface area contributed by atoms with E-state index < -0.39 is 12.1 Å². The van der Waals surface area contributed by atoms with E-state index in [1.54, 1.807) is 0 Å². The quantitative estimate of drug-likeness (QED) is 0.838. The number of amides is 3. The lowest BCUT2D eigenvalue weighted by atomic mass is 10.1. The molecule has 1 fully saturated rings. The zero-order chi connectivity index (χ0) is 18.5. The zero-order valence-corrected chi connectivity index (χ0v) is 15.0. The molecule has 1 atom stereocenters. The SMILES string of the molecule is Cc1cc(C)cc(COCN2CC(Nc3ccccc3)C(=O)NC2=O)c1. The molecule has 0 saturated carbocycles. The smallest absolute Gasteiger partial charge is 0.326 e. The highest BCUT2D eigenvalue weighted by Gasteiger charge is 2.32. The first kappa shape index (κ1) is 17.9. The van der Waals surface area contributed by atoms with E-state index in [0.717, 1.165) is 11.3 Å². The molecule has 0 radical (unpaired) electrons. The highest BCUT2D eigenvalue weighted by Crippen LogP contribution is 2.13. The minimum atomic E-state index is -0.514. The van der Waals surface area contributed by atoms with E-state index >= 15 is 0 Å². The zero-order valence-electron chi connectivity index (χ0n) is 15.0. The minimum Gasteiger partial charge on any atom is -0.372 e. The van der Waals surface area contributed by atoms with Crippen molar-refractivity contribution in [1.82, 2.24) is 10.2 Å². The summed E-state index contributed by atoms with van der Waals surface area (Å²) in [7, 11) is 0. The van der Waals surface area contributed by atoms with Crippen LogP contribution in [0.1, 0.15) is 16.7 Å². The Labute approximate surface area is 153 Å². The lowest BCUT2D eigenvalue weighted by Crippen LogP contribution is -2.59. The van der Waals surface area contributed by atoms with E-state index in [9.17, 15) is 9.59 Å². The van der Waals surface area contributed by atoms with Crippen molar-refractivity contribution in [3.8, 4) is 0 Å². The van der Waals surface area contributed by atoms with Crippen LogP contribution in [0.4, 0.5) is 10.5 Å². The van der Waals surface area contributed by atoms with Crippen molar-refractivity contribution in [2.45, 2.75) is 26.5 Å². The van der Waals surface area contributed by atoms with Crippen LogP contribution in [0, 0.1) is 13.8 Å². The molecule has 136 valence electrons. The first-order valence-corrected chi connectivity index (χ1v) is 8.57. The maximum absolute atomic E-state index is 12.1. The van der Waals surface area contributed by atoms with Crippen LogP contribution >= 0.6 is 0 Å². The van der Waals surface area contributed by atoms with Gasteiger partial charge in [-0.2, -0.15) is 0 Å². The Balaban J connectivity index is 1.56. The second kappa shape index (κ2) is 8.01. The maximum atomic E-state index is 12.1. The number of ether oxygens (including phenoxy) is 1. The molecule has 6 nitrogen and oxygen atoms in total. The number of nitrogens with one attached hydrogen (secondary N) is 2. The Morgan fingerprint density at radius 1 is 1.12 bits per heavy atom. The van der Waals surface area contributed by atoms with Gasteiger partial charge in [-0.15, -0.1) is 0 Å². The number of para-hydroxylation sites is 1. The fourth-order valence-electron chi connectivity index (χ4n) is 3.04. The molecule has 26 heavy (non-hydrogen) atoms. The number of urea groups is 1. The molecule has 3 rings (SSSR count). The summed E-state index contributed by atoms with van der Waals surface area (Å²) in [5.74, 6) is -0.329. The van der Waals surface area contributed by atoms with Crippen molar-refractivity contribution in [3.63, 3.8) is 0 Å². The molecule has 2 N–H and O–H groups in total. The van der Waals surface area contributed by atoms with Gasteiger partial charge in [-0.1, -0.05) is 47.5 Å². The van der Waals surface area contributed by atoms with Crippen molar-refractivity contribution in [2.75, 3.05) is 18.6 Å². The van der Waals surface area contributed by atoms with Gasteiger partial charge in [0.1, 0.15) is 12.8 Å². The highest BCUT2D eigenvalue weighted by molar-refractivity contribution is 6.00. The fourth-order valence-corrected chi connectivity index (χ4v) is 3.04. The second-order valence-corrected chi connectivity index (χ2v) is 6.55. The molecule has 6 heteroatoms. The molecule has 2 aromatic rings. The van der Waals surface area contributed by atoms with Crippen LogP contribution < -0.4 is 10.6 Å². The molecule has 1 unspecified atom stereocenters. The van der Waals surface area contributed by atoms with Gasteiger partial charge < -0.3 is 10.1 Å². The monoisotopic (exact) mass is 353 g/mol. The van der Waals surface area contributed by atoms with Crippen LogP contribution in [-0.2, 0) is 16.1 Å². The second-order valence-electron chi connectivity index (χ2n) is 6.55. The van der Waals surface area contributed by atoms with E-state index in [1.165, 1.54) is 16.0 Å². The largest absolute Gasteiger partial charge is 0.372 e. The predicted octanol–water partition coefficient (Wildman–Crippen LogP) is 2.81. The summed E-state index contributed by atoms with van der Waals surface area (Å²) in [6.07, 6.45) is 0. The summed E-state index contributed by atoms with van der Waals surface area (Å²) < 4.78 is 5.70. The summed E-state index contributed by atoms with van der Waals surface area (Å²) in [5.41, 5.74) is 4.25. The Bertz CT molecular complexity index is 772. The van der Waals surface area contributed by atoms with Crippen molar-refractivity contribution >= 4 is 17.6 Å². The molecule has 0 aromatic heterocycles. The number of rotatable bonds is 6. The van der Waals surface area contributed by atoms with Crippen molar-refractivity contribution in [1.29, 1.82) is 0 Å². The van der Waals surface area contributed by atoms with Gasteiger partial charge in [-0.25, -0.2) is 4.79 Å². The van der Waals surface area contributed by atoms with Crippen molar-refractivity contribution in [3.05, 3.63) is 65.2 Å². The number of anilines is 1. The summed E-state index contributed by atoms with van der Waals surface area (Å²) in [6, 6.07) is 14.7. The average molecular weight is 353 g/mol. The van der Waals surface area contributed by atoms with Crippen LogP contribution in [0.2, 0.25) is 0 Å². The number of carbonyl (C=O) groups excluding carboxylic acids is 2. The van der Waals surface area contributed by atoms with Crippen LogP contribution in [0.15, 0.2) is 48.5 Å². The summed E-state index contributed by atoms with van der Waals surface area (Å²) >= 11 is 0. The van der Waals surface area contributed by atoms with Gasteiger partial charge in [0.2, 0.25) is 0 Å². The number of nitrogens with zero attached hydrogens (tertiary/aromatic N) is 1. The van der Waals surface area contributed by atoms with Gasteiger partial charge in [0, 0.05) is 5.69 Å². The molecule has 0 bridgehead atoms. The molecule has 1 saturated heterocycles. The topological polar surface area (TPSA) is 70.7 Å². The van der Waals surface area contributed by atoms with Crippen LogP contribution in [-0.4, -0.2) is 36.2 Å². The van der Waals surface area contributed by atoms with E-state index in [2.05, 4.69) is 28.8 Å². The molecule has 1 heterocycles. The van der Waals surface area contributed by atoms with Crippen molar-refractivity contribution in [2.24, 2.45) is 0 Å². The normalized spacial score (nSPS) is 17.2. The van der Waals surface area contributed by atoms with E-state index in [-0.39, 0.29) is 19.2 Å². The molecule has 1 aliphatic rings. The summed E-state index contributed by atoms with van der Waals surface area (Å²) in [6.45, 7) is 4.88. The van der Waals surface area contributed by atoms with E-state index in [0.29, 0.717) is 6.61 Å². The molecule has 3 amide bonds. The fraction of sp³-hybridized carbons (Fsp3) is 0.300. The third kappa shape index (κ3) is 4.61. The van der Waals surface area contributed by atoms with Crippen LogP contribution in [0.5, 0.6) is 0 Å². The number of hydrogen-bond donors (Lipinski definition) is 2. The molecular weight excluding hydrogens is 330 g/mol. The van der Waals surface area contributed by atoms with E-state index in [1.807, 2.05) is 44.2 Å². The predicted molar refractivity (Wildman–Crippen MR) is 99.7 cm³/mol. The van der Waals surface area contributed by atoms with Crippen LogP contribution in [0.25, 0.3) is 0 Å². The number of hydrogen-bond acceptors (Lipinski definition) is 4. The summed E-state index contributed by atoms with van der Waals surface area (Å²) in [4.78, 5) is 25.6. The van der Waals surface area contributed by atoms with Gasteiger partial charge in [0.25, 0.3) is 5.91 Å². The molecule has 0 spiro atoms. The Kier molecular flexibility index (Phi) is 5.53. The third-order valence-electron chi connectivity index (χ3n) is 4.15. The summed E-state index contributed by atoms with van der Waals surface area (Å²) in [5, 5.41) is 5.51. The maximum Gasteiger partial charge on any atom is 0.326 e. The Morgan fingerprint density at radius 2 is 1.81 bits per heavy atom. The Morgan fingerprint density at radius 3 is 2.50 bits per heavy atom. The third-order valence-corrected chi connectivity index (χ3v) is 4.15. The van der Waals surface area contributed by atoms with Gasteiger partial charge >= 0.3 is 6.03 Å². The lowest BCUT2D eigenvalue weighted by Gasteiger charge is -2.32. The standard InChI is InChI=1S/C20H23N3O3/c1-14-8-15(2)10-16(9-14)12-26-13-23-11-18(19(24)22-20(23)25)21-17-6-4-3-5-7-17/h3-10,18,21H,11-13H2,1-2H3,(H,22,24,25). The Hall–Kier alpha value is -2.86. The minimum absolute atomic E-state index is 0.124. The van der Waals surface area contributed by atoms with Gasteiger partial charge in [0.05, 0.1) is 13.2 Å². The number of carbonyl (C=O) groups is 2. The highest BCUT2D eigenvalue weighted by atomic mass is 16.5. The van der Waals surface area contributed by atoms with Gasteiger partial charge in [0.15, 0.2) is 0 Å². The van der Waals surface area contributed by atoms with Gasteiger partial charge in [-0.3, -0.25) is 15.0 Å². The van der Waals surface area contributed by atoms with Gasteiger partial charge in [-0.05, 0) is 31.5 Å².